The molecule has 0 bridgehead atoms. The van der Waals surface area contributed by atoms with Crippen LogP contribution in [0.4, 0.5) is 0 Å². The van der Waals surface area contributed by atoms with Crippen LogP contribution in [0.15, 0.2) is 66.3 Å². The van der Waals surface area contributed by atoms with Gasteiger partial charge in [-0.15, -0.1) is 0 Å². The van der Waals surface area contributed by atoms with E-state index >= 15 is 0 Å². The van der Waals surface area contributed by atoms with Crippen LogP contribution in [0.1, 0.15) is 69.4 Å². The predicted molar refractivity (Wildman–Crippen MR) is 128 cm³/mol. The standard InChI is InChI=1S/C28H34O3/c1-3-5-17-30-27-13-9-22(10-14-27)7-8-23-19-25(21-26(29)20-23)24-11-15-28(16-12-24)31-18-6-4-2/h7-16,20,25H,3-6,17-19,21H2,1-2H3/b8-7+/t25-/m1/s1. The molecule has 164 valence electrons. The summed E-state index contributed by atoms with van der Waals surface area (Å²) in [7, 11) is 0. The second-order valence-corrected chi connectivity index (χ2v) is 8.17. The zero-order chi connectivity index (χ0) is 21.9. The number of rotatable bonds is 11. The second kappa shape index (κ2) is 12.1. The maximum absolute atomic E-state index is 12.3. The summed E-state index contributed by atoms with van der Waals surface area (Å²) < 4.78 is 11.5. The Kier molecular flexibility index (Phi) is 8.96. The van der Waals surface area contributed by atoms with E-state index in [1.54, 1.807) is 6.08 Å². The summed E-state index contributed by atoms with van der Waals surface area (Å²) in [4.78, 5) is 12.3. The molecule has 2 aromatic rings. The van der Waals surface area contributed by atoms with E-state index in [9.17, 15) is 4.79 Å². The van der Waals surface area contributed by atoms with E-state index in [-0.39, 0.29) is 11.7 Å². The van der Waals surface area contributed by atoms with Gasteiger partial charge in [0.05, 0.1) is 13.2 Å². The van der Waals surface area contributed by atoms with Crippen molar-refractivity contribution in [3.8, 4) is 11.5 Å². The first-order valence-corrected chi connectivity index (χ1v) is 11.5. The van der Waals surface area contributed by atoms with Gasteiger partial charge in [-0.25, -0.2) is 0 Å². The summed E-state index contributed by atoms with van der Waals surface area (Å²) >= 11 is 0. The zero-order valence-corrected chi connectivity index (χ0v) is 18.8. The van der Waals surface area contributed by atoms with Crippen LogP contribution in [0, 0.1) is 0 Å². The third kappa shape index (κ3) is 7.43. The molecule has 0 radical (unpaired) electrons. The molecule has 1 aliphatic carbocycles. The Morgan fingerprint density at radius 3 is 1.97 bits per heavy atom. The van der Waals surface area contributed by atoms with Crippen molar-refractivity contribution in [2.45, 2.75) is 58.3 Å². The normalized spacial score (nSPS) is 16.4. The van der Waals surface area contributed by atoms with Crippen LogP contribution in [0.3, 0.4) is 0 Å². The fourth-order valence-corrected chi connectivity index (χ4v) is 3.66. The molecule has 0 heterocycles. The van der Waals surface area contributed by atoms with E-state index in [2.05, 4.69) is 50.3 Å². The Bertz CT molecular complexity index is 875. The highest BCUT2D eigenvalue weighted by Crippen LogP contribution is 2.33. The third-order valence-electron chi connectivity index (χ3n) is 5.53. The van der Waals surface area contributed by atoms with Crippen molar-refractivity contribution in [3.63, 3.8) is 0 Å². The molecule has 0 fully saturated rings. The lowest BCUT2D eigenvalue weighted by Crippen LogP contribution is -2.12. The average Bonchev–Trinajstić information content (AvgIpc) is 2.79. The van der Waals surface area contributed by atoms with Gasteiger partial charge in [-0.1, -0.05) is 63.1 Å². The lowest BCUT2D eigenvalue weighted by atomic mass is 9.83. The highest BCUT2D eigenvalue weighted by molar-refractivity contribution is 5.92. The van der Waals surface area contributed by atoms with Crippen molar-refractivity contribution in [2.75, 3.05) is 13.2 Å². The van der Waals surface area contributed by atoms with Gasteiger partial charge in [0.2, 0.25) is 0 Å². The molecule has 31 heavy (non-hydrogen) atoms. The van der Waals surface area contributed by atoms with Crippen LogP contribution in [-0.4, -0.2) is 19.0 Å². The number of allylic oxidation sites excluding steroid dienone is 3. The minimum absolute atomic E-state index is 0.193. The van der Waals surface area contributed by atoms with Gasteiger partial charge in [-0.2, -0.15) is 0 Å². The maximum Gasteiger partial charge on any atom is 0.156 e. The number of unbranched alkanes of at least 4 members (excludes halogenated alkanes) is 2. The molecule has 1 atom stereocenters. The fourth-order valence-electron chi connectivity index (χ4n) is 3.66. The number of ether oxygens (including phenoxy) is 2. The highest BCUT2D eigenvalue weighted by atomic mass is 16.5. The van der Waals surface area contributed by atoms with Crippen LogP contribution in [0.2, 0.25) is 0 Å². The molecule has 0 saturated carbocycles. The Hall–Kier alpha value is -2.81. The molecule has 3 heteroatoms. The first-order chi connectivity index (χ1) is 15.2. The molecule has 2 aromatic carbocycles. The van der Waals surface area contributed by atoms with E-state index in [1.807, 2.05) is 24.3 Å². The molecule has 3 rings (SSSR count). The number of benzene rings is 2. The van der Waals surface area contributed by atoms with Crippen LogP contribution in [-0.2, 0) is 4.79 Å². The quantitative estimate of drug-likeness (QED) is 0.364. The van der Waals surface area contributed by atoms with Crippen LogP contribution in [0.5, 0.6) is 11.5 Å². The maximum atomic E-state index is 12.3. The van der Waals surface area contributed by atoms with Gasteiger partial charge in [-0.05, 0) is 72.2 Å². The first kappa shape index (κ1) is 22.9. The zero-order valence-electron chi connectivity index (χ0n) is 18.8. The van der Waals surface area contributed by atoms with Crippen molar-refractivity contribution in [2.24, 2.45) is 0 Å². The van der Waals surface area contributed by atoms with Gasteiger partial charge in [0, 0.05) is 6.42 Å². The molecule has 0 saturated heterocycles. The largest absolute Gasteiger partial charge is 0.494 e. The number of hydrogen-bond acceptors (Lipinski definition) is 3. The molecule has 0 aliphatic heterocycles. The summed E-state index contributed by atoms with van der Waals surface area (Å²) in [6.45, 7) is 5.82. The fraction of sp³-hybridized carbons (Fsp3) is 0.393. The number of carbonyl (C=O) groups excluding carboxylic acids is 1. The molecule has 0 spiro atoms. The first-order valence-electron chi connectivity index (χ1n) is 11.5. The van der Waals surface area contributed by atoms with Crippen molar-refractivity contribution >= 4 is 11.9 Å². The van der Waals surface area contributed by atoms with Crippen LogP contribution >= 0.6 is 0 Å². The highest BCUT2D eigenvalue weighted by Gasteiger charge is 2.21. The third-order valence-corrected chi connectivity index (χ3v) is 5.53. The molecule has 1 aliphatic rings. The molecular formula is C28H34O3. The van der Waals surface area contributed by atoms with E-state index < -0.39 is 0 Å². The molecule has 3 nitrogen and oxygen atoms in total. The van der Waals surface area contributed by atoms with E-state index in [0.717, 1.165) is 68.0 Å². The summed E-state index contributed by atoms with van der Waals surface area (Å²) in [5.41, 5.74) is 3.38. The van der Waals surface area contributed by atoms with Crippen LogP contribution in [0.25, 0.3) is 6.08 Å². The lowest BCUT2D eigenvalue weighted by molar-refractivity contribution is -0.115. The van der Waals surface area contributed by atoms with Gasteiger partial charge >= 0.3 is 0 Å². The number of hydrogen-bond donors (Lipinski definition) is 0. The molecule has 0 amide bonds. The second-order valence-electron chi connectivity index (χ2n) is 8.17. The molecule has 0 unspecified atom stereocenters. The summed E-state index contributed by atoms with van der Waals surface area (Å²) in [6, 6.07) is 16.4. The number of carbonyl (C=O) groups is 1. The van der Waals surface area contributed by atoms with Crippen molar-refractivity contribution in [1.82, 2.24) is 0 Å². The lowest BCUT2D eigenvalue weighted by Gasteiger charge is -2.21. The smallest absolute Gasteiger partial charge is 0.156 e. The topological polar surface area (TPSA) is 35.5 Å². The van der Waals surface area contributed by atoms with Gasteiger partial charge < -0.3 is 9.47 Å². The van der Waals surface area contributed by atoms with Gasteiger partial charge in [0.15, 0.2) is 5.78 Å². The Labute approximate surface area is 186 Å². The Morgan fingerprint density at radius 2 is 1.39 bits per heavy atom. The minimum atomic E-state index is 0.193. The summed E-state index contributed by atoms with van der Waals surface area (Å²) in [5, 5.41) is 0. The summed E-state index contributed by atoms with van der Waals surface area (Å²) in [6.07, 6.45) is 11.8. The van der Waals surface area contributed by atoms with Crippen LogP contribution < -0.4 is 9.47 Å². The van der Waals surface area contributed by atoms with Crippen molar-refractivity contribution in [1.29, 1.82) is 0 Å². The van der Waals surface area contributed by atoms with E-state index in [4.69, 9.17) is 9.47 Å². The number of ketones is 1. The average molecular weight is 419 g/mol. The van der Waals surface area contributed by atoms with Gasteiger partial charge in [0.1, 0.15) is 11.5 Å². The Morgan fingerprint density at radius 1 is 0.806 bits per heavy atom. The van der Waals surface area contributed by atoms with Crippen molar-refractivity contribution < 1.29 is 14.3 Å². The SMILES string of the molecule is CCCCOc1ccc(/C=C/C2=CC(=O)C[C@H](c3ccc(OCCCC)cc3)C2)cc1. The molecular weight excluding hydrogens is 384 g/mol. The monoisotopic (exact) mass is 418 g/mol. The van der Waals surface area contributed by atoms with E-state index in [0.29, 0.717) is 6.42 Å². The van der Waals surface area contributed by atoms with E-state index in [1.165, 1.54) is 5.56 Å². The van der Waals surface area contributed by atoms with Gasteiger partial charge in [-0.3, -0.25) is 4.79 Å². The van der Waals surface area contributed by atoms with Gasteiger partial charge in [0.25, 0.3) is 0 Å². The summed E-state index contributed by atoms with van der Waals surface area (Å²) in [5.74, 6) is 2.21. The molecule has 0 aromatic heterocycles. The Balaban J connectivity index is 1.58. The minimum Gasteiger partial charge on any atom is -0.494 e. The predicted octanol–water partition coefficient (Wildman–Crippen LogP) is 7.13. The molecule has 0 N–H and O–H groups in total. The van der Waals surface area contributed by atoms with Crippen molar-refractivity contribution in [3.05, 3.63) is 77.4 Å².